The van der Waals surface area contributed by atoms with E-state index >= 15 is 0 Å². The molecule has 3 rings (SSSR count). The number of hydrogen-bond donors (Lipinski definition) is 2. The number of urea groups is 1. The number of amides is 4. The normalized spacial score (nSPS) is 16.0. The van der Waals surface area contributed by atoms with E-state index < -0.39 is 17.8 Å². The summed E-state index contributed by atoms with van der Waals surface area (Å²) < 4.78 is 5.05. The molecule has 0 radical (unpaired) electrons. The monoisotopic (exact) mass is 372 g/mol. The summed E-state index contributed by atoms with van der Waals surface area (Å²) >= 11 is 5.84. The van der Waals surface area contributed by atoms with E-state index in [0.717, 1.165) is 4.90 Å². The molecule has 8 heteroatoms. The zero-order valence-electron chi connectivity index (χ0n) is 13.5. The van der Waals surface area contributed by atoms with Crippen molar-refractivity contribution in [2.45, 2.75) is 0 Å². The van der Waals surface area contributed by atoms with E-state index in [1.165, 1.54) is 43.5 Å². The van der Waals surface area contributed by atoms with Gasteiger partial charge in [0.05, 0.1) is 17.8 Å². The number of carbonyl (C=O) groups excluding carboxylic acids is 3. The summed E-state index contributed by atoms with van der Waals surface area (Å²) in [7, 11) is 1.50. The van der Waals surface area contributed by atoms with Gasteiger partial charge in [-0.25, -0.2) is 9.69 Å². The molecule has 1 aliphatic rings. The zero-order valence-corrected chi connectivity index (χ0v) is 14.3. The number of aromatic hydroxyl groups is 1. The minimum absolute atomic E-state index is 0.0751. The van der Waals surface area contributed by atoms with Crippen molar-refractivity contribution in [3.63, 3.8) is 0 Å². The molecular weight excluding hydrogens is 360 g/mol. The summed E-state index contributed by atoms with van der Waals surface area (Å²) in [5, 5.41) is 11.7. The van der Waals surface area contributed by atoms with E-state index in [1.54, 1.807) is 12.1 Å². The number of barbiturate groups is 1. The summed E-state index contributed by atoms with van der Waals surface area (Å²) in [5.74, 6) is -1.14. The average molecular weight is 373 g/mol. The van der Waals surface area contributed by atoms with Gasteiger partial charge in [-0.2, -0.15) is 0 Å². The maximum Gasteiger partial charge on any atom is 0.335 e. The molecule has 1 fully saturated rings. The number of phenols is 1. The fraction of sp³-hybridized carbons (Fsp3) is 0.0556. The Morgan fingerprint density at radius 1 is 1.12 bits per heavy atom. The second-order valence-corrected chi connectivity index (χ2v) is 5.77. The van der Waals surface area contributed by atoms with Crippen LogP contribution >= 0.6 is 11.6 Å². The van der Waals surface area contributed by atoms with Gasteiger partial charge in [-0.3, -0.25) is 14.9 Å². The van der Waals surface area contributed by atoms with Gasteiger partial charge in [-0.1, -0.05) is 17.7 Å². The fourth-order valence-corrected chi connectivity index (χ4v) is 2.59. The first kappa shape index (κ1) is 17.5. The lowest BCUT2D eigenvalue weighted by Crippen LogP contribution is -2.54. The minimum Gasteiger partial charge on any atom is -0.506 e. The van der Waals surface area contributed by atoms with E-state index in [0.29, 0.717) is 11.3 Å². The van der Waals surface area contributed by atoms with Crippen LogP contribution in [0.3, 0.4) is 0 Å². The molecule has 132 valence electrons. The van der Waals surface area contributed by atoms with Crippen LogP contribution in [-0.2, 0) is 9.59 Å². The van der Waals surface area contributed by atoms with Gasteiger partial charge < -0.3 is 9.84 Å². The average Bonchev–Trinajstić information content (AvgIpc) is 2.62. The first-order chi connectivity index (χ1) is 12.4. The number of anilines is 1. The van der Waals surface area contributed by atoms with Crippen LogP contribution in [0, 0.1) is 0 Å². The molecule has 2 N–H and O–H groups in total. The first-order valence-corrected chi connectivity index (χ1v) is 7.82. The number of phenolic OH excluding ortho intramolecular Hbond substituents is 1. The van der Waals surface area contributed by atoms with Crippen LogP contribution in [0.15, 0.2) is 48.0 Å². The van der Waals surface area contributed by atoms with E-state index in [-0.39, 0.29) is 22.0 Å². The second kappa shape index (κ2) is 6.89. The lowest BCUT2D eigenvalue weighted by Gasteiger charge is -2.26. The van der Waals surface area contributed by atoms with Gasteiger partial charge in [-0.15, -0.1) is 0 Å². The zero-order chi connectivity index (χ0) is 18.8. The van der Waals surface area contributed by atoms with Gasteiger partial charge in [0.25, 0.3) is 11.8 Å². The molecule has 4 amide bonds. The Labute approximate surface area is 153 Å². The lowest BCUT2D eigenvalue weighted by atomic mass is 10.1. The molecule has 1 saturated heterocycles. The molecule has 0 spiro atoms. The van der Waals surface area contributed by atoms with Gasteiger partial charge >= 0.3 is 6.03 Å². The Balaban J connectivity index is 1.99. The van der Waals surface area contributed by atoms with Crippen LogP contribution < -0.4 is 15.0 Å². The van der Waals surface area contributed by atoms with Crippen molar-refractivity contribution < 1.29 is 24.2 Å². The Kier molecular flexibility index (Phi) is 4.64. The molecular formula is C18H13ClN2O5. The summed E-state index contributed by atoms with van der Waals surface area (Å²) in [6.45, 7) is 0. The molecule has 0 unspecified atom stereocenters. The van der Waals surface area contributed by atoms with Crippen LogP contribution in [-0.4, -0.2) is 30.1 Å². The molecule has 0 aliphatic carbocycles. The summed E-state index contributed by atoms with van der Waals surface area (Å²) in [4.78, 5) is 37.8. The van der Waals surface area contributed by atoms with Crippen LogP contribution in [0.1, 0.15) is 5.56 Å². The van der Waals surface area contributed by atoms with Crippen molar-refractivity contribution in [2.24, 2.45) is 0 Å². The summed E-state index contributed by atoms with van der Waals surface area (Å²) in [6.07, 6.45) is 1.30. The number of hydrogen-bond acceptors (Lipinski definition) is 5. The van der Waals surface area contributed by atoms with E-state index in [1.807, 2.05) is 0 Å². The molecule has 1 aliphatic heterocycles. The largest absolute Gasteiger partial charge is 0.506 e. The molecule has 0 atom stereocenters. The third kappa shape index (κ3) is 3.25. The second-order valence-electron chi connectivity index (χ2n) is 5.37. The molecule has 0 saturated carbocycles. The third-order valence-corrected chi connectivity index (χ3v) is 4.02. The third-order valence-electron chi connectivity index (χ3n) is 3.72. The summed E-state index contributed by atoms with van der Waals surface area (Å²) in [6, 6.07) is 9.63. The van der Waals surface area contributed by atoms with Gasteiger partial charge in [0.1, 0.15) is 17.1 Å². The van der Waals surface area contributed by atoms with Crippen molar-refractivity contribution in [2.75, 3.05) is 12.0 Å². The molecule has 0 aromatic heterocycles. The number of carbonyl (C=O) groups is 3. The predicted octanol–water partition coefficient (Wildman–Crippen LogP) is 2.72. The molecule has 1 heterocycles. The standard InChI is InChI=1S/C18H13ClN2O5/c1-26-12-5-3-11(4-6-12)21-17(24)13(16(23)20-18(21)25)8-10-2-7-15(22)14(19)9-10/h2-9,22H,1H3,(H,20,23,25)/b13-8+. The van der Waals surface area contributed by atoms with Crippen molar-refractivity contribution in [1.29, 1.82) is 0 Å². The van der Waals surface area contributed by atoms with E-state index in [2.05, 4.69) is 5.32 Å². The highest BCUT2D eigenvalue weighted by Crippen LogP contribution is 2.27. The quantitative estimate of drug-likeness (QED) is 0.638. The highest BCUT2D eigenvalue weighted by atomic mass is 35.5. The molecule has 2 aromatic carbocycles. The fourth-order valence-electron chi connectivity index (χ4n) is 2.40. The Morgan fingerprint density at radius 3 is 2.42 bits per heavy atom. The first-order valence-electron chi connectivity index (χ1n) is 7.44. The molecule has 26 heavy (non-hydrogen) atoms. The number of benzene rings is 2. The number of ether oxygens (including phenoxy) is 1. The van der Waals surface area contributed by atoms with E-state index in [4.69, 9.17) is 16.3 Å². The minimum atomic E-state index is -0.842. The molecule has 0 bridgehead atoms. The van der Waals surface area contributed by atoms with Crippen molar-refractivity contribution in [1.82, 2.24) is 5.32 Å². The number of imide groups is 2. The maximum atomic E-state index is 12.7. The van der Waals surface area contributed by atoms with Gasteiger partial charge in [0, 0.05) is 0 Å². The Bertz CT molecular complexity index is 937. The van der Waals surface area contributed by atoms with Crippen LogP contribution in [0.25, 0.3) is 6.08 Å². The number of nitrogens with one attached hydrogen (secondary N) is 1. The maximum absolute atomic E-state index is 12.7. The van der Waals surface area contributed by atoms with Gasteiger partial charge in [0.2, 0.25) is 0 Å². The van der Waals surface area contributed by atoms with Gasteiger partial charge in [-0.05, 0) is 48.0 Å². The number of nitrogens with zero attached hydrogens (tertiary/aromatic N) is 1. The summed E-state index contributed by atoms with van der Waals surface area (Å²) in [5.41, 5.74) is 0.480. The van der Waals surface area contributed by atoms with Crippen molar-refractivity contribution >= 4 is 41.2 Å². The Hall–Kier alpha value is -3.32. The van der Waals surface area contributed by atoms with Gasteiger partial charge in [0.15, 0.2) is 0 Å². The molecule has 7 nitrogen and oxygen atoms in total. The molecule has 2 aromatic rings. The number of halogens is 1. The van der Waals surface area contributed by atoms with Crippen LogP contribution in [0.4, 0.5) is 10.5 Å². The number of methoxy groups -OCH3 is 1. The Morgan fingerprint density at radius 2 is 1.81 bits per heavy atom. The van der Waals surface area contributed by atoms with Crippen LogP contribution in [0.5, 0.6) is 11.5 Å². The lowest BCUT2D eigenvalue weighted by molar-refractivity contribution is -0.122. The SMILES string of the molecule is COc1ccc(N2C(=O)NC(=O)/C(=C\c3ccc(O)c(Cl)c3)C2=O)cc1. The van der Waals surface area contributed by atoms with E-state index in [9.17, 15) is 19.5 Å². The topological polar surface area (TPSA) is 95.9 Å². The number of rotatable bonds is 3. The van der Waals surface area contributed by atoms with Crippen LogP contribution in [0.2, 0.25) is 5.02 Å². The van der Waals surface area contributed by atoms with Crippen molar-refractivity contribution in [3.8, 4) is 11.5 Å². The highest BCUT2D eigenvalue weighted by molar-refractivity contribution is 6.39. The highest BCUT2D eigenvalue weighted by Gasteiger charge is 2.36. The predicted molar refractivity (Wildman–Crippen MR) is 95.1 cm³/mol. The smallest absolute Gasteiger partial charge is 0.335 e. The van der Waals surface area contributed by atoms with Crippen molar-refractivity contribution in [3.05, 3.63) is 58.6 Å².